The highest BCUT2D eigenvalue weighted by Crippen LogP contribution is 2.34. The van der Waals surface area contributed by atoms with Crippen molar-refractivity contribution >= 4 is 11.9 Å². The minimum absolute atomic E-state index is 0.119. The summed E-state index contributed by atoms with van der Waals surface area (Å²) in [7, 11) is 1.32. The summed E-state index contributed by atoms with van der Waals surface area (Å²) in [5, 5.41) is 0. The molecule has 1 aromatic rings. The van der Waals surface area contributed by atoms with Gasteiger partial charge in [0.15, 0.2) is 0 Å². The van der Waals surface area contributed by atoms with Crippen LogP contribution >= 0.6 is 0 Å². The van der Waals surface area contributed by atoms with E-state index in [0.717, 1.165) is 26.2 Å². The summed E-state index contributed by atoms with van der Waals surface area (Å²) in [4.78, 5) is 28.1. The molecule has 0 saturated carbocycles. The standard InChI is InChI=1S/C19H26N2O3/c1-24-19(23)11-18(22)21-13-16(12-20-9-5-6-10-20)17(14-21)15-7-3-2-4-8-15/h2-4,7-8,16-17H,5-6,9-14H2,1H3. The molecule has 1 amide bonds. The Morgan fingerprint density at radius 3 is 2.50 bits per heavy atom. The van der Waals surface area contributed by atoms with Gasteiger partial charge in [0.2, 0.25) is 5.91 Å². The molecule has 130 valence electrons. The summed E-state index contributed by atoms with van der Waals surface area (Å²) in [5.41, 5.74) is 1.29. The van der Waals surface area contributed by atoms with Gasteiger partial charge < -0.3 is 14.5 Å². The molecule has 2 unspecified atom stereocenters. The maximum absolute atomic E-state index is 12.4. The van der Waals surface area contributed by atoms with E-state index < -0.39 is 5.97 Å². The SMILES string of the molecule is COC(=O)CC(=O)N1CC(CN2CCCC2)C(c2ccccc2)C1. The molecule has 0 radical (unpaired) electrons. The van der Waals surface area contributed by atoms with Gasteiger partial charge in [-0.25, -0.2) is 0 Å². The number of rotatable bonds is 5. The van der Waals surface area contributed by atoms with E-state index in [9.17, 15) is 9.59 Å². The van der Waals surface area contributed by atoms with E-state index in [0.29, 0.717) is 18.4 Å². The number of likely N-dealkylation sites (tertiary alicyclic amines) is 2. The summed E-state index contributed by atoms with van der Waals surface area (Å²) in [6.45, 7) is 4.77. The van der Waals surface area contributed by atoms with Gasteiger partial charge in [0, 0.05) is 25.6 Å². The summed E-state index contributed by atoms with van der Waals surface area (Å²) < 4.78 is 4.63. The van der Waals surface area contributed by atoms with E-state index in [1.165, 1.54) is 25.5 Å². The zero-order valence-electron chi connectivity index (χ0n) is 14.3. The van der Waals surface area contributed by atoms with Crippen molar-refractivity contribution in [2.24, 2.45) is 5.92 Å². The predicted octanol–water partition coefficient (Wildman–Crippen LogP) is 1.89. The molecule has 0 bridgehead atoms. The number of carbonyl (C=O) groups excluding carboxylic acids is 2. The van der Waals surface area contributed by atoms with Crippen molar-refractivity contribution in [2.45, 2.75) is 25.2 Å². The second kappa shape index (κ2) is 7.79. The fraction of sp³-hybridized carbons (Fsp3) is 0.579. The summed E-state index contributed by atoms with van der Waals surface area (Å²) in [6, 6.07) is 10.4. The fourth-order valence-electron chi connectivity index (χ4n) is 3.94. The van der Waals surface area contributed by atoms with Crippen LogP contribution in [0, 0.1) is 5.92 Å². The van der Waals surface area contributed by atoms with Crippen LogP contribution in [0.3, 0.4) is 0 Å². The first-order valence-corrected chi connectivity index (χ1v) is 8.79. The molecular formula is C19H26N2O3. The van der Waals surface area contributed by atoms with Crippen LogP contribution in [0.5, 0.6) is 0 Å². The predicted molar refractivity (Wildman–Crippen MR) is 91.6 cm³/mol. The Bertz CT molecular complexity index is 569. The number of ether oxygens (including phenoxy) is 1. The van der Waals surface area contributed by atoms with Gasteiger partial charge in [-0.3, -0.25) is 9.59 Å². The van der Waals surface area contributed by atoms with Crippen molar-refractivity contribution in [1.82, 2.24) is 9.80 Å². The zero-order chi connectivity index (χ0) is 16.9. The normalized spacial score (nSPS) is 24.3. The minimum Gasteiger partial charge on any atom is -0.469 e. The van der Waals surface area contributed by atoms with Gasteiger partial charge >= 0.3 is 5.97 Å². The first-order valence-electron chi connectivity index (χ1n) is 8.79. The molecule has 0 spiro atoms. The molecule has 3 rings (SSSR count). The van der Waals surface area contributed by atoms with Gasteiger partial charge in [-0.2, -0.15) is 0 Å². The number of methoxy groups -OCH3 is 1. The van der Waals surface area contributed by atoms with Crippen LogP contribution < -0.4 is 0 Å². The molecule has 2 aliphatic rings. The van der Waals surface area contributed by atoms with Gasteiger partial charge in [0.1, 0.15) is 6.42 Å². The van der Waals surface area contributed by atoms with E-state index in [1.54, 1.807) is 0 Å². The van der Waals surface area contributed by atoms with Crippen LogP contribution in [-0.2, 0) is 14.3 Å². The van der Waals surface area contributed by atoms with Crippen molar-refractivity contribution in [3.63, 3.8) is 0 Å². The maximum atomic E-state index is 12.4. The molecule has 0 aliphatic carbocycles. The van der Waals surface area contributed by atoms with Crippen LogP contribution in [0.2, 0.25) is 0 Å². The Morgan fingerprint density at radius 2 is 1.83 bits per heavy atom. The monoisotopic (exact) mass is 330 g/mol. The van der Waals surface area contributed by atoms with Gasteiger partial charge in [0.05, 0.1) is 7.11 Å². The lowest BCUT2D eigenvalue weighted by molar-refractivity contribution is -0.146. The van der Waals surface area contributed by atoms with Gasteiger partial charge in [-0.05, 0) is 37.4 Å². The van der Waals surface area contributed by atoms with Crippen LogP contribution in [0.1, 0.15) is 30.7 Å². The van der Waals surface area contributed by atoms with Crippen molar-refractivity contribution in [3.8, 4) is 0 Å². The second-order valence-corrected chi connectivity index (χ2v) is 6.84. The smallest absolute Gasteiger partial charge is 0.315 e. The maximum Gasteiger partial charge on any atom is 0.315 e. The molecule has 2 heterocycles. The van der Waals surface area contributed by atoms with Crippen LogP contribution in [0.4, 0.5) is 0 Å². The molecule has 2 atom stereocenters. The molecule has 2 aliphatic heterocycles. The molecule has 5 heteroatoms. The zero-order valence-corrected chi connectivity index (χ0v) is 14.3. The van der Waals surface area contributed by atoms with Crippen molar-refractivity contribution in [3.05, 3.63) is 35.9 Å². The molecule has 2 fully saturated rings. The van der Waals surface area contributed by atoms with E-state index in [4.69, 9.17) is 0 Å². The van der Waals surface area contributed by atoms with Gasteiger partial charge in [0.25, 0.3) is 0 Å². The number of carbonyl (C=O) groups is 2. The number of hydrogen-bond acceptors (Lipinski definition) is 4. The Morgan fingerprint density at radius 1 is 1.12 bits per heavy atom. The van der Waals surface area contributed by atoms with Crippen LogP contribution in [0.15, 0.2) is 30.3 Å². The summed E-state index contributed by atoms with van der Waals surface area (Å²) >= 11 is 0. The number of esters is 1. The lowest BCUT2D eigenvalue weighted by Gasteiger charge is -2.24. The number of nitrogens with zero attached hydrogens (tertiary/aromatic N) is 2. The van der Waals surface area contributed by atoms with Crippen molar-refractivity contribution in [2.75, 3.05) is 39.8 Å². The molecule has 5 nitrogen and oxygen atoms in total. The highest BCUT2D eigenvalue weighted by Gasteiger charge is 2.37. The van der Waals surface area contributed by atoms with Crippen molar-refractivity contribution in [1.29, 1.82) is 0 Å². The quantitative estimate of drug-likeness (QED) is 0.611. The first-order chi connectivity index (χ1) is 11.7. The number of hydrogen-bond donors (Lipinski definition) is 0. The average Bonchev–Trinajstić information content (AvgIpc) is 3.26. The topological polar surface area (TPSA) is 49.9 Å². The first kappa shape index (κ1) is 17.0. The van der Waals surface area contributed by atoms with E-state index in [1.807, 2.05) is 11.0 Å². The second-order valence-electron chi connectivity index (χ2n) is 6.84. The minimum atomic E-state index is -0.459. The van der Waals surface area contributed by atoms with Crippen LogP contribution in [-0.4, -0.2) is 61.5 Å². The largest absolute Gasteiger partial charge is 0.469 e. The van der Waals surface area contributed by atoms with E-state index >= 15 is 0 Å². The van der Waals surface area contributed by atoms with E-state index in [-0.39, 0.29) is 12.3 Å². The summed E-state index contributed by atoms with van der Waals surface area (Å²) in [6.07, 6.45) is 2.38. The highest BCUT2D eigenvalue weighted by atomic mass is 16.5. The number of benzene rings is 1. The molecule has 2 saturated heterocycles. The Balaban J connectivity index is 1.71. The van der Waals surface area contributed by atoms with E-state index in [2.05, 4.69) is 33.9 Å². The van der Waals surface area contributed by atoms with Gasteiger partial charge in [-0.15, -0.1) is 0 Å². The third-order valence-corrected chi connectivity index (χ3v) is 5.24. The molecule has 0 N–H and O–H groups in total. The van der Waals surface area contributed by atoms with Crippen molar-refractivity contribution < 1.29 is 14.3 Å². The third-order valence-electron chi connectivity index (χ3n) is 5.24. The molecular weight excluding hydrogens is 304 g/mol. The van der Waals surface area contributed by atoms with Crippen LogP contribution in [0.25, 0.3) is 0 Å². The Kier molecular flexibility index (Phi) is 5.51. The Hall–Kier alpha value is -1.88. The Labute approximate surface area is 143 Å². The lowest BCUT2D eigenvalue weighted by Crippen LogP contribution is -2.33. The molecule has 0 aromatic heterocycles. The lowest BCUT2D eigenvalue weighted by atomic mass is 9.88. The molecule has 1 aromatic carbocycles. The summed E-state index contributed by atoms with van der Waals surface area (Å²) in [5.74, 6) is 0.187. The van der Waals surface area contributed by atoms with Gasteiger partial charge in [-0.1, -0.05) is 30.3 Å². The number of amides is 1. The average molecular weight is 330 g/mol. The highest BCUT2D eigenvalue weighted by molar-refractivity contribution is 5.94. The fourth-order valence-corrected chi connectivity index (χ4v) is 3.94. The third kappa shape index (κ3) is 3.96. The molecule has 24 heavy (non-hydrogen) atoms.